The van der Waals surface area contributed by atoms with Gasteiger partial charge in [-0.3, -0.25) is 9.59 Å². The number of piperidine rings is 1. The number of carboxylic acids is 1. The molecule has 3 amide bonds. The first-order chi connectivity index (χ1) is 9.38. The molecule has 0 bridgehead atoms. The Hall–Kier alpha value is -1.79. The van der Waals surface area contributed by atoms with E-state index in [1.54, 1.807) is 11.8 Å². The molecule has 0 radical (unpaired) electrons. The van der Waals surface area contributed by atoms with E-state index >= 15 is 0 Å². The van der Waals surface area contributed by atoms with Gasteiger partial charge in [-0.2, -0.15) is 0 Å². The molecule has 1 unspecified atom stereocenters. The molecule has 0 spiro atoms. The average molecular weight is 285 g/mol. The van der Waals surface area contributed by atoms with E-state index < -0.39 is 5.97 Å². The zero-order chi connectivity index (χ0) is 15.1. The first-order valence-corrected chi connectivity index (χ1v) is 6.93. The van der Waals surface area contributed by atoms with E-state index in [4.69, 9.17) is 5.11 Å². The van der Waals surface area contributed by atoms with Crippen molar-refractivity contribution in [2.24, 2.45) is 0 Å². The van der Waals surface area contributed by atoms with E-state index in [1.165, 1.54) is 6.92 Å². The summed E-state index contributed by atoms with van der Waals surface area (Å²) >= 11 is 0. The SMILES string of the molecule is CC(=O)NC1CCN(C(=O)NC(C)CCC(=O)O)CC1. The Balaban J connectivity index is 2.28. The fourth-order valence-electron chi connectivity index (χ4n) is 2.23. The molecule has 1 aliphatic heterocycles. The summed E-state index contributed by atoms with van der Waals surface area (Å²) in [5.41, 5.74) is 0. The first-order valence-electron chi connectivity index (χ1n) is 6.93. The molecule has 20 heavy (non-hydrogen) atoms. The normalized spacial score (nSPS) is 17.4. The minimum atomic E-state index is -0.859. The molecule has 1 heterocycles. The molecular formula is C13H23N3O4. The number of carbonyl (C=O) groups excluding carboxylic acids is 2. The molecular weight excluding hydrogens is 262 g/mol. The molecule has 1 rings (SSSR count). The van der Waals surface area contributed by atoms with Gasteiger partial charge in [0.05, 0.1) is 0 Å². The second kappa shape index (κ2) is 7.72. The standard InChI is InChI=1S/C13H23N3O4/c1-9(3-4-12(18)19)14-13(20)16-7-5-11(6-8-16)15-10(2)17/h9,11H,3-8H2,1-2H3,(H,14,20)(H,15,17)(H,18,19). The number of amides is 3. The molecule has 0 aromatic rings. The number of carbonyl (C=O) groups is 3. The van der Waals surface area contributed by atoms with Crippen LogP contribution in [0.15, 0.2) is 0 Å². The number of hydrogen-bond donors (Lipinski definition) is 3. The lowest BCUT2D eigenvalue weighted by atomic mass is 10.1. The molecule has 7 heteroatoms. The van der Waals surface area contributed by atoms with Crippen LogP contribution in [-0.2, 0) is 9.59 Å². The van der Waals surface area contributed by atoms with E-state index in [0.717, 1.165) is 12.8 Å². The van der Waals surface area contributed by atoms with E-state index in [9.17, 15) is 14.4 Å². The third-order valence-electron chi connectivity index (χ3n) is 3.35. The van der Waals surface area contributed by atoms with Gasteiger partial charge in [0.2, 0.25) is 5.91 Å². The van der Waals surface area contributed by atoms with E-state index in [-0.39, 0.29) is 30.4 Å². The van der Waals surface area contributed by atoms with Crippen molar-refractivity contribution >= 4 is 17.9 Å². The molecule has 0 saturated carbocycles. The van der Waals surface area contributed by atoms with Crippen LogP contribution in [0.25, 0.3) is 0 Å². The van der Waals surface area contributed by atoms with Gasteiger partial charge in [0.1, 0.15) is 0 Å². The fourth-order valence-corrected chi connectivity index (χ4v) is 2.23. The summed E-state index contributed by atoms with van der Waals surface area (Å²) in [4.78, 5) is 35.1. The van der Waals surface area contributed by atoms with Crippen LogP contribution >= 0.6 is 0 Å². The number of nitrogens with one attached hydrogen (secondary N) is 2. The lowest BCUT2D eigenvalue weighted by Crippen LogP contribution is -2.50. The van der Waals surface area contributed by atoms with Crippen LogP contribution < -0.4 is 10.6 Å². The van der Waals surface area contributed by atoms with Gasteiger partial charge in [-0.25, -0.2) is 4.79 Å². The summed E-state index contributed by atoms with van der Waals surface area (Å²) in [6, 6.07) is -0.184. The van der Waals surface area contributed by atoms with Gasteiger partial charge in [0.25, 0.3) is 0 Å². The Morgan fingerprint density at radius 2 is 1.90 bits per heavy atom. The van der Waals surface area contributed by atoms with Gasteiger partial charge < -0.3 is 20.6 Å². The van der Waals surface area contributed by atoms with Crippen molar-refractivity contribution < 1.29 is 19.5 Å². The molecule has 1 fully saturated rings. The fraction of sp³-hybridized carbons (Fsp3) is 0.769. The van der Waals surface area contributed by atoms with Crippen molar-refractivity contribution in [1.29, 1.82) is 0 Å². The number of nitrogens with zero attached hydrogens (tertiary/aromatic N) is 1. The summed E-state index contributed by atoms with van der Waals surface area (Å²) in [6.07, 6.45) is 1.96. The third kappa shape index (κ3) is 5.90. The van der Waals surface area contributed by atoms with Crippen molar-refractivity contribution in [3.63, 3.8) is 0 Å². The number of carboxylic acid groups (broad SMARTS) is 1. The Bertz CT molecular complexity index is 365. The number of urea groups is 1. The number of aliphatic carboxylic acids is 1. The highest BCUT2D eigenvalue weighted by molar-refractivity contribution is 5.75. The van der Waals surface area contributed by atoms with E-state index in [2.05, 4.69) is 10.6 Å². The molecule has 1 saturated heterocycles. The first kappa shape index (κ1) is 16.3. The van der Waals surface area contributed by atoms with Gasteiger partial charge >= 0.3 is 12.0 Å². The zero-order valence-corrected chi connectivity index (χ0v) is 12.0. The molecule has 1 atom stereocenters. The minimum absolute atomic E-state index is 0.0461. The van der Waals surface area contributed by atoms with Crippen molar-refractivity contribution in [2.45, 2.75) is 51.6 Å². The number of rotatable bonds is 5. The maximum atomic E-state index is 12.0. The Morgan fingerprint density at radius 1 is 1.30 bits per heavy atom. The van der Waals surface area contributed by atoms with Crippen LogP contribution in [-0.4, -0.2) is 53.1 Å². The zero-order valence-electron chi connectivity index (χ0n) is 12.0. The van der Waals surface area contributed by atoms with Crippen LogP contribution in [0.1, 0.15) is 39.5 Å². The average Bonchev–Trinajstić information content (AvgIpc) is 2.36. The molecule has 3 N–H and O–H groups in total. The van der Waals surface area contributed by atoms with Crippen molar-refractivity contribution in [1.82, 2.24) is 15.5 Å². The second-order valence-electron chi connectivity index (χ2n) is 5.24. The molecule has 7 nitrogen and oxygen atoms in total. The van der Waals surface area contributed by atoms with Gasteiger partial charge in [-0.05, 0) is 26.2 Å². The highest BCUT2D eigenvalue weighted by Gasteiger charge is 2.23. The lowest BCUT2D eigenvalue weighted by molar-refractivity contribution is -0.137. The van der Waals surface area contributed by atoms with Crippen LogP contribution in [0.2, 0.25) is 0 Å². The molecule has 0 aliphatic carbocycles. The quantitative estimate of drug-likeness (QED) is 0.687. The summed E-state index contributed by atoms with van der Waals surface area (Å²) < 4.78 is 0. The van der Waals surface area contributed by atoms with Crippen molar-refractivity contribution in [2.75, 3.05) is 13.1 Å². The minimum Gasteiger partial charge on any atom is -0.481 e. The Kier molecular flexibility index (Phi) is 6.27. The van der Waals surface area contributed by atoms with Gasteiger partial charge in [-0.1, -0.05) is 0 Å². The Morgan fingerprint density at radius 3 is 2.40 bits per heavy atom. The lowest BCUT2D eigenvalue weighted by Gasteiger charge is -2.33. The highest BCUT2D eigenvalue weighted by Crippen LogP contribution is 2.11. The molecule has 114 valence electrons. The largest absolute Gasteiger partial charge is 0.481 e. The second-order valence-corrected chi connectivity index (χ2v) is 5.24. The number of hydrogen-bond acceptors (Lipinski definition) is 3. The predicted octanol–water partition coefficient (Wildman–Crippen LogP) is 0.550. The third-order valence-corrected chi connectivity index (χ3v) is 3.35. The summed E-state index contributed by atoms with van der Waals surface area (Å²) in [5, 5.41) is 14.2. The predicted molar refractivity (Wildman–Crippen MR) is 73.3 cm³/mol. The number of likely N-dealkylation sites (tertiary alicyclic amines) is 1. The smallest absolute Gasteiger partial charge is 0.317 e. The maximum Gasteiger partial charge on any atom is 0.317 e. The van der Waals surface area contributed by atoms with Gasteiger partial charge in [0, 0.05) is 38.5 Å². The summed E-state index contributed by atoms with van der Waals surface area (Å²) in [5.74, 6) is -0.905. The van der Waals surface area contributed by atoms with Crippen LogP contribution in [0.4, 0.5) is 4.79 Å². The summed E-state index contributed by atoms with van der Waals surface area (Å²) in [6.45, 7) is 4.49. The van der Waals surface area contributed by atoms with E-state index in [1.807, 2.05) is 0 Å². The highest BCUT2D eigenvalue weighted by atomic mass is 16.4. The Labute approximate surface area is 118 Å². The van der Waals surface area contributed by atoms with Crippen LogP contribution in [0.3, 0.4) is 0 Å². The monoisotopic (exact) mass is 285 g/mol. The van der Waals surface area contributed by atoms with E-state index in [0.29, 0.717) is 19.5 Å². The van der Waals surface area contributed by atoms with Crippen LogP contribution in [0, 0.1) is 0 Å². The van der Waals surface area contributed by atoms with Crippen LogP contribution in [0.5, 0.6) is 0 Å². The van der Waals surface area contributed by atoms with Gasteiger partial charge in [0.15, 0.2) is 0 Å². The maximum absolute atomic E-state index is 12.0. The summed E-state index contributed by atoms with van der Waals surface area (Å²) in [7, 11) is 0. The topological polar surface area (TPSA) is 98.7 Å². The van der Waals surface area contributed by atoms with Gasteiger partial charge in [-0.15, -0.1) is 0 Å². The van der Waals surface area contributed by atoms with Crippen molar-refractivity contribution in [3.8, 4) is 0 Å². The molecule has 1 aliphatic rings. The van der Waals surface area contributed by atoms with Crippen molar-refractivity contribution in [3.05, 3.63) is 0 Å². The molecule has 0 aromatic heterocycles. The molecule has 0 aromatic carbocycles.